The third kappa shape index (κ3) is 3.27. The number of rotatable bonds is 7. The highest BCUT2D eigenvalue weighted by Crippen LogP contribution is 2.40. The van der Waals surface area contributed by atoms with E-state index in [1.165, 1.54) is 13.0 Å². The number of hydrogen-bond acceptors (Lipinski definition) is 6. The number of hydrogen-bond donors (Lipinski definition) is 2. The van der Waals surface area contributed by atoms with Crippen molar-refractivity contribution in [2.75, 3.05) is 11.9 Å². The first-order valence-corrected chi connectivity index (χ1v) is 6.75. The highest BCUT2D eigenvalue weighted by molar-refractivity contribution is 5.77. The Balaban J connectivity index is 2.42. The second-order valence-electron chi connectivity index (χ2n) is 5.23. The maximum atomic E-state index is 11.3. The maximum Gasteiger partial charge on any atom is 0.302 e. The average Bonchev–Trinajstić information content (AvgIpc) is 3.22. The fraction of sp³-hybridized carbons (Fsp3) is 0.538. The highest BCUT2D eigenvalue weighted by atomic mass is 16.6. The molecule has 114 valence electrons. The van der Waals surface area contributed by atoms with E-state index in [2.05, 4.69) is 5.32 Å². The Bertz CT molecular complexity index is 584. The van der Waals surface area contributed by atoms with Gasteiger partial charge in [0.05, 0.1) is 16.5 Å². The number of benzene rings is 1. The number of aliphatic hydroxyl groups is 1. The summed E-state index contributed by atoms with van der Waals surface area (Å²) in [7, 11) is 0. The van der Waals surface area contributed by atoms with Crippen LogP contribution < -0.4 is 5.32 Å². The standard InChI is InChI=1S/C13H17N3O5/c1-8-10(7-17)6-11(15(18)19)12(13(8)16(20)21)14-5-4-9-2-3-9/h6,9,14,17H,2-5,7H2,1H3. The minimum absolute atomic E-state index is 0.0691. The van der Waals surface area contributed by atoms with Gasteiger partial charge in [0.1, 0.15) is 0 Å². The van der Waals surface area contributed by atoms with Crippen molar-refractivity contribution in [2.45, 2.75) is 32.8 Å². The molecule has 0 radical (unpaired) electrons. The highest BCUT2D eigenvalue weighted by Gasteiger charge is 2.30. The lowest BCUT2D eigenvalue weighted by molar-refractivity contribution is -0.392. The lowest BCUT2D eigenvalue weighted by Gasteiger charge is -2.11. The molecule has 0 aromatic heterocycles. The van der Waals surface area contributed by atoms with Crippen LogP contribution in [-0.2, 0) is 6.61 Å². The fourth-order valence-electron chi connectivity index (χ4n) is 2.32. The molecule has 0 heterocycles. The molecular weight excluding hydrogens is 278 g/mol. The van der Waals surface area contributed by atoms with Crippen LogP contribution in [-0.4, -0.2) is 21.5 Å². The van der Waals surface area contributed by atoms with E-state index >= 15 is 0 Å². The van der Waals surface area contributed by atoms with Crippen LogP contribution in [0.15, 0.2) is 6.07 Å². The Morgan fingerprint density at radius 3 is 2.48 bits per heavy atom. The third-order valence-corrected chi connectivity index (χ3v) is 3.74. The normalized spacial score (nSPS) is 14.0. The monoisotopic (exact) mass is 295 g/mol. The van der Waals surface area contributed by atoms with Gasteiger partial charge in [0.25, 0.3) is 5.69 Å². The van der Waals surface area contributed by atoms with Crippen LogP contribution in [0.3, 0.4) is 0 Å². The molecule has 0 bridgehead atoms. The molecule has 1 aliphatic carbocycles. The first-order chi connectivity index (χ1) is 9.95. The molecule has 1 aromatic rings. The largest absolute Gasteiger partial charge is 0.392 e. The van der Waals surface area contributed by atoms with E-state index in [4.69, 9.17) is 0 Å². The van der Waals surface area contributed by atoms with E-state index in [1.807, 2.05) is 0 Å². The summed E-state index contributed by atoms with van der Waals surface area (Å²) < 4.78 is 0. The van der Waals surface area contributed by atoms with E-state index in [-0.39, 0.29) is 28.2 Å². The van der Waals surface area contributed by atoms with Crippen LogP contribution in [0.4, 0.5) is 17.1 Å². The molecule has 1 fully saturated rings. The van der Waals surface area contributed by atoms with Crippen LogP contribution in [0.1, 0.15) is 30.4 Å². The van der Waals surface area contributed by atoms with E-state index in [0.717, 1.165) is 19.3 Å². The van der Waals surface area contributed by atoms with Crippen LogP contribution in [0.25, 0.3) is 0 Å². The number of nitrogens with one attached hydrogen (secondary N) is 1. The predicted octanol–water partition coefficient (Wildman–Crippen LogP) is 2.52. The molecule has 0 saturated heterocycles. The summed E-state index contributed by atoms with van der Waals surface area (Å²) in [6, 6.07) is 1.20. The van der Waals surface area contributed by atoms with Gasteiger partial charge in [-0.25, -0.2) is 0 Å². The Morgan fingerprint density at radius 1 is 1.33 bits per heavy atom. The molecule has 1 aromatic carbocycles. The van der Waals surface area contributed by atoms with Crippen LogP contribution in [0.5, 0.6) is 0 Å². The first kappa shape index (κ1) is 15.2. The molecule has 21 heavy (non-hydrogen) atoms. The molecule has 2 rings (SSSR count). The predicted molar refractivity (Wildman–Crippen MR) is 76.2 cm³/mol. The first-order valence-electron chi connectivity index (χ1n) is 6.75. The minimum Gasteiger partial charge on any atom is -0.392 e. The molecule has 0 atom stereocenters. The van der Waals surface area contributed by atoms with Crippen LogP contribution in [0.2, 0.25) is 0 Å². The van der Waals surface area contributed by atoms with Gasteiger partial charge in [0.2, 0.25) is 0 Å². The molecule has 0 amide bonds. The van der Waals surface area contributed by atoms with Gasteiger partial charge < -0.3 is 10.4 Å². The zero-order valence-corrected chi connectivity index (χ0v) is 11.7. The van der Waals surface area contributed by atoms with Gasteiger partial charge >= 0.3 is 5.69 Å². The second kappa shape index (κ2) is 6.04. The third-order valence-electron chi connectivity index (χ3n) is 3.74. The van der Waals surface area contributed by atoms with Gasteiger partial charge in [-0.05, 0) is 24.8 Å². The number of aliphatic hydroxyl groups excluding tert-OH is 1. The number of nitro benzene ring substituents is 2. The van der Waals surface area contributed by atoms with Crippen molar-refractivity contribution < 1.29 is 15.0 Å². The summed E-state index contributed by atoms with van der Waals surface area (Å²) in [6.07, 6.45) is 3.14. The molecule has 0 spiro atoms. The lowest BCUT2D eigenvalue weighted by Crippen LogP contribution is -2.10. The Morgan fingerprint density at radius 2 is 2.00 bits per heavy atom. The summed E-state index contributed by atoms with van der Waals surface area (Å²) >= 11 is 0. The van der Waals surface area contributed by atoms with Gasteiger partial charge in [-0.15, -0.1) is 0 Å². The van der Waals surface area contributed by atoms with Crippen molar-refractivity contribution in [3.8, 4) is 0 Å². The number of nitro groups is 2. The van der Waals surface area contributed by atoms with Gasteiger partial charge in [-0.3, -0.25) is 20.2 Å². The average molecular weight is 295 g/mol. The molecule has 2 N–H and O–H groups in total. The molecule has 8 nitrogen and oxygen atoms in total. The zero-order chi connectivity index (χ0) is 15.6. The lowest BCUT2D eigenvalue weighted by atomic mass is 10.0. The summed E-state index contributed by atoms with van der Waals surface area (Å²) in [4.78, 5) is 21.1. The molecular formula is C13H17N3O5. The molecule has 0 aliphatic heterocycles. The van der Waals surface area contributed by atoms with Crippen molar-refractivity contribution >= 4 is 17.1 Å². The topological polar surface area (TPSA) is 119 Å². The summed E-state index contributed by atoms with van der Waals surface area (Å²) in [6.45, 7) is 1.47. The molecule has 0 unspecified atom stereocenters. The Kier molecular flexibility index (Phi) is 4.37. The van der Waals surface area contributed by atoms with E-state index in [1.54, 1.807) is 0 Å². The summed E-state index contributed by atoms with van der Waals surface area (Å²) in [5.74, 6) is 0.619. The zero-order valence-electron chi connectivity index (χ0n) is 11.7. The Labute approximate surface area is 121 Å². The van der Waals surface area contributed by atoms with Gasteiger partial charge in [0, 0.05) is 18.2 Å². The van der Waals surface area contributed by atoms with Crippen LogP contribution in [0, 0.1) is 33.1 Å². The van der Waals surface area contributed by atoms with Crippen molar-refractivity contribution in [1.29, 1.82) is 0 Å². The summed E-state index contributed by atoms with van der Waals surface area (Å²) in [5.41, 5.74) is -0.320. The van der Waals surface area contributed by atoms with Crippen LogP contribution >= 0.6 is 0 Å². The minimum atomic E-state index is -0.662. The van der Waals surface area contributed by atoms with Crippen molar-refractivity contribution in [1.82, 2.24) is 0 Å². The SMILES string of the molecule is Cc1c(CO)cc([N+](=O)[O-])c(NCCC2CC2)c1[N+](=O)[O-]. The van der Waals surface area contributed by atoms with E-state index in [0.29, 0.717) is 12.5 Å². The Hall–Kier alpha value is -2.22. The van der Waals surface area contributed by atoms with Gasteiger partial charge in [0.15, 0.2) is 5.69 Å². The van der Waals surface area contributed by atoms with Crippen molar-refractivity contribution in [2.24, 2.45) is 5.92 Å². The molecule has 1 saturated carbocycles. The number of anilines is 1. The number of nitrogens with zero attached hydrogens (tertiary/aromatic N) is 2. The second-order valence-corrected chi connectivity index (χ2v) is 5.23. The maximum absolute atomic E-state index is 11.3. The quantitative estimate of drug-likeness (QED) is 0.589. The van der Waals surface area contributed by atoms with Crippen molar-refractivity contribution in [3.63, 3.8) is 0 Å². The fourth-order valence-corrected chi connectivity index (χ4v) is 2.32. The van der Waals surface area contributed by atoms with Gasteiger partial charge in [-0.1, -0.05) is 12.8 Å². The van der Waals surface area contributed by atoms with E-state index in [9.17, 15) is 25.3 Å². The molecule has 1 aliphatic rings. The summed E-state index contributed by atoms with van der Waals surface area (Å²) in [5, 5.41) is 34.5. The van der Waals surface area contributed by atoms with Crippen molar-refractivity contribution in [3.05, 3.63) is 37.4 Å². The van der Waals surface area contributed by atoms with E-state index < -0.39 is 16.5 Å². The molecule has 8 heteroatoms. The van der Waals surface area contributed by atoms with Gasteiger partial charge in [-0.2, -0.15) is 0 Å². The smallest absolute Gasteiger partial charge is 0.302 e.